The van der Waals surface area contributed by atoms with Gasteiger partial charge in [0.25, 0.3) is 0 Å². The molecule has 0 aliphatic carbocycles. The van der Waals surface area contributed by atoms with Crippen LogP contribution in [0.15, 0.2) is 0 Å². The zero-order valence-corrected chi connectivity index (χ0v) is 14.8. The lowest BCUT2D eigenvalue weighted by Crippen LogP contribution is -2.22. The van der Waals surface area contributed by atoms with E-state index in [4.69, 9.17) is 17.2 Å². The Morgan fingerprint density at radius 3 is 1.14 bits per heavy atom. The van der Waals surface area contributed by atoms with Gasteiger partial charge < -0.3 is 33.2 Å². The van der Waals surface area contributed by atoms with Crippen molar-refractivity contribution in [3.8, 4) is 0 Å². The molecule has 136 valence electrons. The Hall–Kier alpha value is -0.240. The van der Waals surface area contributed by atoms with Crippen molar-refractivity contribution in [1.82, 2.24) is 16.0 Å². The van der Waals surface area contributed by atoms with Gasteiger partial charge in [-0.2, -0.15) is 0 Å². The molecule has 0 aliphatic rings. The summed E-state index contributed by atoms with van der Waals surface area (Å²) in [6, 6.07) is 0. The average Bonchev–Trinajstić information content (AvgIpc) is 2.54. The molecule has 0 saturated carbocycles. The molecule has 0 aliphatic heterocycles. The standard InChI is InChI=1S/C10H26N4.C6H16N2/c11-5-3-9-13-7-1-2-8-14-10-4-6-12;1-2-5-8-6-3-4-7/h13-14H,1-12H2;8H,2-7H2,1H3. The van der Waals surface area contributed by atoms with Gasteiger partial charge in [0, 0.05) is 0 Å². The van der Waals surface area contributed by atoms with Crippen LogP contribution in [0.3, 0.4) is 0 Å². The maximum atomic E-state index is 5.38. The Labute approximate surface area is 138 Å². The monoisotopic (exact) mass is 318 g/mol. The lowest BCUT2D eigenvalue weighted by atomic mass is 10.3. The van der Waals surface area contributed by atoms with Crippen LogP contribution in [0.1, 0.15) is 45.4 Å². The zero-order valence-electron chi connectivity index (χ0n) is 14.8. The highest BCUT2D eigenvalue weighted by molar-refractivity contribution is 4.52. The maximum Gasteiger partial charge on any atom is -0.00369 e. The van der Waals surface area contributed by atoms with Crippen molar-refractivity contribution in [3.63, 3.8) is 0 Å². The molecule has 0 heterocycles. The van der Waals surface area contributed by atoms with Crippen LogP contribution in [0.2, 0.25) is 0 Å². The van der Waals surface area contributed by atoms with Gasteiger partial charge in [0.15, 0.2) is 0 Å². The fourth-order valence-electron chi connectivity index (χ4n) is 1.73. The van der Waals surface area contributed by atoms with Crippen LogP contribution < -0.4 is 33.2 Å². The van der Waals surface area contributed by atoms with E-state index in [9.17, 15) is 0 Å². The molecule has 6 heteroatoms. The van der Waals surface area contributed by atoms with Crippen molar-refractivity contribution in [1.29, 1.82) is 0 Å². The van der Waals surface area contributed by atoms with E-state index in [0.29, 0.717) is 0 Å². The van der Waals surface area contributed by atoms with Crippen molar-refractivity contribution in [2.24, 2.45) is 17.2 Å². The van der Waals surface area contributed by atoms with E-state index in [1.807, 2.05) is 0 Å². The first-order valence-electron chi connectivity index (χ1n) is 9.05. The van der Waals surface area contributed by atoms with E-state index < -0.39 is 0 Å². The number of nitrogens with one attached hydrogen (secondary N) is 3. The van der Waals surface area contributed by atoms with Crippen LogP contribution in [0.5, 0.6) is 0 Å². The molecule has 0 saturated heterocycles. The first-order chi connectivity index (χ1) is 10.8. The minimum atomic E-state index is 0.785. The van der Waals surface area contributed by atoms with Crippen LogP contribution in [-0.4, -0.2) is 58.9 Å². The van der Waals surface area contributed by atoms with Crippen molar-refractivity contribution >= 4 is 0 Å². The summed E-state index contributed by atoms with van der Waals surface area (Å²) in [5.41, 5.74) is 16.0. The average molecular weight is 319 g/mol. The van der Waals surface area contributed by atoms with E-state index in [-0.39, 0.29) is 0 Å². The van der Waals surface area contributed by atoms with Gasteiger partial charge >= 0.3 is 0 Å². The second-order valence-electron chi connectivity index (χ2n) is 5.38. The predicted molar refractivity (Wildman–Crippen MR) is 99.1 cm³/mol. The SMILES string of the molecule is CCCNCCCN.NCCCNCCCCNCCCN. The van der Waals surface area contributed by atoms with E-state index in [1.54, 1.807) is 0 Å². The second kappa shape index (κ2) is 25.7. The fourth-order valence-corrected chi connectivity index (χ4v) is 1.73. The zero-order chi connectivity index (χ0) is 16.7. The van der Waals surface area contributed by atoms with Crippen LogP contribution in [0.4, 0.5) is 0 Å². The third-order valence-corrected chi connectivity index (χ3v) is 3.06. The molecule has 0 fully saturated rings. The number of rotatable bonds is 16. The second-order valence-corrected chi connectivity index (χ2v) is 5.38. The van der Waals surface area contributed by atoms with E-state index in [1.165, 1.54) is 19.3 Å². The largest absolute Gasteiger partial charge is 0.330 e. The molecular formula is C16H42N6. The Kier molecular flexibility index (Phi) is 28.1. The Morgan fingerprint density at radius 2 is 0.818 bits per heavy atom. The molecule has 6 nitrogen and oxygen atoms in total. The highest BCUT2D eigenvalue weighted by atomic mass is 14.9. The third-order valence-electron chi connectivity index (χ3n) is 3.06. The summed E-state index contributed by atoms with van der Waals surface area (Å²) < 4.78 is 0. The van der Waals surface area contributed by atoms with Crippen molar-refractivity contribution < 1.29 is 0 Å². The summed E-state index contributed by atoms with van der Waals surface area (Å²) >= 11 is 0. The summed E-state index contributed by atoms with van der Waals surface area (Å²) in [6.45, 7) is 11.1. The van der Waals surface area contributed by atoms with Gasteiger partial charge in [0.1, 0.15) is 0 Å². The number of nitrogens with two attached hydrogens (primary N) is 3. The molecule has 0 rings (SSSR count). The minimum Gasteiger partial charge on any atom is -0.330 e. The molecule has 0 atom stereocenters. The molecule has 0 aromatic carbocycles. The third kappa shape index (κ3) is 28.0. The Bertz CT molecular complexity index is 151. The van der Waals surface area contributed by atoms with Crippen molar-refractivity contribution in [2.75, 3.05) is 58.9 Å². The molecule has 0 radical (unpaired) electrons. The minimum absolute atomic E-state index is 0.785. The smallest absolute Gasteiger partial charge is 0.00369 e. The molecule has 0 aromatic rings. The lowest BCUT2D eigenvalue weighted by molar-refractivity contribution is 0.570. The molecule has 0 bridgehead atoms. The Morgan fingerprint density at radius 1 is 0.500 bits per heavy atom. The molecule has 9 N–H and O–H groups in total. The summed E-state index contributed by atoms with van der Waals surface area (Å²) in [4.78, 5) is 0. The van der Waals surface area contributed by atoms with Gasteiger partial charge in [-0.25, -0.2) is 0 Å². The quantitative estimate of drug-likeness (QED) is 0.223. The van der Waals surface area contributed by atoms with Crippen molar-refractivity contribution in [3.05, 3.63) is 0 Å². The van der Waals surface area contributed by atoms with Gasteiger partial charge in [0.05, 0.1) is 0 Å². The summed E-state index contributed by atoms with van der Waals surface area (Å²) in [7, 11) is 0. The van der Waals surface area contributed by atoms with E-state index in [2.05, 4.69) is 22.9 Å². The van der Waals surface area contributed by atoms with Crippen LogP contribution in [-0.2, 0) is 0 Å². The topological polar surface area (TPSA) is 114 Å². The first kappa shape index (κ1) is 24.0. The van der Waals surface area contributed by atoms with Gasteiger partial charge in [0.2, 0.25) is 0 Å². The molecule has 0 unspecified atom stereocenters. The lowest BCUT2D eigenvalue weighted by Gasteiger charge is -2.04. The molecule has 22 heavy (non-hydrogen) atoms. The van der Waals surface area contributed by atoms with E-state index >= 15 is 0 Å². The summed E-state index contributed by atoms with van der Waals surface area (Å²) in [5, 5.41) is 9.98. The van der Waals surface area contributed by atoms with Crippen molar-refractivity contribution in [2.45, 2.75) is 45.4 Å². The van der Waals surface area contributed by atoms with Crippen LogP contribution in [0.25, 0.3) is 0 Å². The maximum absolute atomic E-state index is 5.38. The molecule has 0 aromatic heterocycles. The van der Waals surface area contributed by atoms with Gasteiger partial charge in [-0.3, -0.25) is 0 Å². The van der Waals surface area contributed by atoms with E-state index in [0.717, 1.165) is 78.2 Å². The van der Waals surface area contributed by atoms with Gasteiger partial charge in [-0.05, 0) is 97.4 Å². The van der Waals surface area contributed by atoms with Gasteiger partial charge in [-0.1, -0.05) is 6.92 Å². The normalized spacial score (nSPS) is 10.4. The fraction of sp³-hybridized carbons (Fsp3) is 1.00. The van der Waals surface area contributed by atoms with Gasteiger partial charge in [-0.15, -0.1) is 0 Å². The summed E-state index contributed by atoms with van der Waals surface area (Å²) in [6.07, 6.45) is 6.94. The molecular weight excluding hydrogens is 276 g/mol. The number of hydrogen-bond donors (Lipinski definition) is 6. The number of unbranched alkanes of at least 4 members (excludes halogenated alkanes) is 1. The Balaban J connectivity index is 0. The predicted octanol–water partition coefficient (Wildman–Crippen LogP) is -0.0218. The van der Waals surface area contributed by atoms with Crippen LogP contribution >= 0.6 is 0 Å². The highest BCUT2D eigenvalue weighted by Crippen LogP contribution is 1.85. The molecule has 0 amide bonds. The van der Waals surface area contributed by atoms with Crippen LogP contribution in [0, 0.1) is 0 Å². The summed E-state index contributed by atoms with van der Waals surface area (Å²) in [5.74, 6) is 0. The highest BCUT2D eigenvalue weighted by Gasteiger charge is 1.89. The molecule has 0 spiro atoms. The first-order valence-corrected chi connectivity index (χ1v) is 9.05. The number of hydrogen-bond acceptors (Lipinski definition) is 6.